The third-order valence-corrected chi connectivity index (χ3v) is 7.89. The lowest BCUT2D eigenvalue weighted by Crippen LogP contribution is -2.41. The van der Waals surface area contributed by atoms with E-state index in [1.165, 1.54) is 23.4 Å². The first-order valence-electron chi connectivity index (χ1n) is 13.1. The summed E-state index contributed by atoms with van der Waals surface area (Å²) in [7, 11) is 1.43. The maximum Gasteiger partial charge on any atom is 0.338 e. The average molecular weight is 494 g/mol. The van der Waals surface area contributed by atoms with Crippen molar-refractivity contribution in [3.8, 4) is 5.75 Å². The van der Waals surface area contributed by atoms with Crippen LogP contribution in [0.3, 0.4) is 0 Å². The van der Waals surface area contributed by atoms with Crippen molar-refractivity contribution in [2.24, 2.45) is 0 Å². The molecule has 0 saturated carbocycles. The van der Waals surface area contributed by atoms with Crippen molar-refractivity contribution in [3.05, 3.63) is 113 Å². The largest absolute Gasteiger partial charge is 0.489 e. The molecule has 37 heavy (non-hydrogen) atoms. The number of nitrogens with one attached hydrogen (secondary N) is 1. The van der Waals surface area contributed by atoms with Crippen LogP contribution in [-0.2, 0) is 4.74 Å². The Balaban J connectivity index is 1.35. The molecule has 0 aliphatic carbocycles. The molecule has 0 radical (unpaired) electrons. The third kappa shape index (κ3) is 5.12. The molecule has 4 aromatic rings. The number of hydrogen-bond donors (Lipinski definition) is 1. The topological polar surface area (TPSA) is 47.6 Å². The van der Waals surface area contributed by atoms with Crippen molar-refractivity contribution in [2.75, 3.05) is 13.7 Å². The molecule has 1 unspecified atom stereocenters. The summed E-state index contributed by atoms with van der Waals surface area (Å²) < 4.78 is 11.5. The summed E-state index contributed by atoms with van der Waals surface area (Å²) in [6.45, 7) is 7.24. The second-order valence-electron chi connectivity index (χ2n) is 10.2. The second kappa shape index (κ2) is 10.8. The standard InChI is InChI=1S/C33H35NO3/c1-21-16-17-25(18-30(21)33(35)36-4)31-19-26(37-32-15-8-7-13-29(31)32)20-34-23(3)22(2)27-14-9-11-24-10-5-6-12-28(24)27/h5-18,22-23,26,31,34H,19-20H2,1-4H3/t22-,23+,26+,31?/m0/s1. The zero-order chi connectivity index (χ0) is 25.9. The van der Waals surface area contributed by atoms with Crippen LogP contribution in [0, 0.1) is 6.92 Å². The zero-order valence-corrected chi connectivity index (χ0v) is 22.0. The molecule has 4 heteroatoms. The number of aryl methyl sites for hydroxylation is 1. The number of benzene rings is 4. The van der Waals surface area contributed by atoms with Gasteiger partial charge < -0.3 is 14.8 Å². The number of methoxy groups -OCH3 is 1. The van der Waals surface area contributed by atoms with Gasteiger partial charge in [0.15, 0.2) is 0 Å². The van der Waals surface area contributed by atoms with Crippen LogP contribution in [0.25, 0.3) is 10.8 Å². The third-order valence-electron chi connectivity index (χ3n) is 7.89. The van der Waals surface area contributed by atoms with E-state index < -0.39 is 0 Å². The summed E-state index contributed by atoms with van der Waals surface area (Å²) in [6.07, 6.45) is 0.855. The summed E-state index contributed by atoms with van der Waals surface area (Å²) in [5.41, 5.74) is 5.18. The van der Waals surface area contributed by atoms with E-state index in [1.54, 1.807) is 0 Å². The quantitative estimate of drug-likeness (QED) is 0.282. The second-order valence-corrected chi connectivity index (χ2v) is 10.2. The lowest BCUT2D eigenvalue weighted by atomic mass is 9.83. The SMILES string of the molecule is COC(=O)c1cc(C2C[C@H](CN[C@H](C)[C@H](C)c3cccc4ccccc34)Oc3ccccc32)ccc1C. The monoisotopic (exact) mass is 493 g/mol. The highest BCUT2D eigenvalue weighted by atomic mass is 16.5. The fraction of sp³-hybridized carbons (Fsp3) is 0.303. The van der Waals surface area contributed by atoms with Crippen LogP contribution in [-0.4, -0.2) is 31.8 Å². The number of hydrogen-bond acceptors (Lipinski definition) is 4. The van der Waals surface area contributed by atoms with Crippen molar-refractivity contribution in [2.45, 2.75) is 51.2 Å². The van der Waals surface area contributed by atoms with Crippen LogP contribution in [0.2, 0.25) is 0 Å². The van der Waals surface area contributed by atoms with Crippen molar-refractivity contribution in [1.82, 2.24) is 5.32 Å². The van der Waals surface area contributed by atoms with Gasteiger partial charge in [0.2, 0.25) is 0 Å². The molecule has 4 aromatic carbocycles. The molecule has 0 bridgehead atoms. The molecule has 0 spiro atoms. The van der Waals surface area contributed by atoms with Crippen molar-refractivity contribution < 1.29 is 14.3 Å². The lowest BCUT2D eigenvalue weighted by Gasteiger charge is -2.34. The molecule has 0 amide bonds. The van der Waals surface area contributed by atoms with E-state index in [-0.39, 0.29) is 24.0 Å². The first-order chi connectivity index (χ1) is 18.0. The van der Waals surface area contributed by atoms with Gasteiger partial charge in [-0.15, -0.1) is 0 Å². The Morgan fingerprint density at radius 1 is 1.00 bits per heavy atom. The Bertz CT molecular complexity index is 1410. The van der Waals surface area contributed by atoms with E-state index in [9.17, 15) is 4.79 Å². The van der Waals surface area contributed by atoms with Gasteiger partial charge in [-0.2, -0.15) is 0 Å². The molecule has 1 N–H and O–H groups in total. The summed E-state index contributed by atoms with van der Waals surface area (Å²) >= 11 is 0. The zero-order valence-electron chi connectivity index (χ0n) is 22.0. The highest BCUT2D eigenvalue weighted by molar-refractivity contribution is 5.91. The molecule has 1 heterocycles. The van der Waals surface area contributed by atoms with Gasteiger partial charge in [0.1, 0.15) is 11.9 Å². The van der Waals surface area contributed by atoms with Gasteiger partial charge >= 0.3 is 5.97 Å². The Morgan fingerprint density at radius 2 is 1.76 bits per heavy atom. The molecular formula is C33H35NO3. The molecule has 0 fully saturated rings. The Labute approximate surface area is 219 Å². The van der Waals surface area contributed by atoms with Crippen LogP contribution in [0.1, 0.15) is 64.7 Å². The lowest BCUT2D eigenvalue weighted by molar-refractivity contribution is 0.0599. The number of ether oxygens (including phenoxy) is 2. The van der Waals surface area contributed by atoms with Crippen LogP contribution >= 0.6 is 0 Å². The van der Waals surface area contributed by atoms with Crippen LogP contribution in [0.4, 0.5) is 0 Å². The number of carbonyl (C=O) groups is 1. The predicted octanol–water partition coefficient (Wildman–Crippen LogP) is 7.00. The number of para-hydroxylation sites is 1. The molecule has 4 nitrogen and oxygen atoms in total. The van der Waals surface area contributed by atoms with Crippen molar-refractivity contribution in [3.63, 3.8) is 0 Å². The number of fused-ring (bicyclic) bond motifs is 2. The van der Waals surface area contributed by atoms with E-state index in [1.807, 2.05) is 31.2 Å². The average Bonchev–Trinajstić information content (AvgIpc) is 2.94. The van der Waals surface area contributed by atoms with Crippen LogP contribution < -0.4 is 10.1 Å². The number of esters is 1. The van der Waals surface area contributed by atoms with E-state index in [0.29, 0.717) is 11.5 Å². The fourth-order valence-electron chi connectivity index (χ4n) is 5.53. The van der Waals surface area contributed by atoms with Gasteiger partial charge in [-0.05, 0) is 65.8 Å². The molecule has 4 atom stereocenters. The molecular weight excluding hydrogens is 458 g/mol. The predicted molar refractivity (Wildman–Crippen MR) is 150 cm³/mol. The van der Waals surface area contributed by atoms with Crippen molar-refractivity contribution >= 4 is 16.7 Å². The smallest absolute Gasteiger partial charge is 0.338 e. The maximum absolute atomic E-state index is 12.4. The number of carbonyl (C=O) groups excluding carboxylic acids is 1. The normalized spacial score (nSPS) is 18.5. The molecule has 190 valence electrons. The van der Waals surface area contributed by atoms with Crippen molar-refractivity contribution in [1.29, 1.82) is 0 Å². The first kappa shape index (κ1) is 25.0. The molecule has 1 aliphatic rings. The summed E-state index contributed by atoms with van der Waals surface area (Å²) in [5, 5.41) is 6.36. The number of rotatable bonds is 7. The minimum atomic E-state index is -0.297. The maximum atomic E-state index is 12.4. The van der Waals surface area contributed by atoms with Gasteiger partial charge in [-0.1, -0.05) is 79.7 Å². The highest BCUT2D eigenvalue weighted by Gasteiger charge is 2.30. The summed E-state index contributed by atoms with van der Waals surface area (Å²) in [4.78, 5) is 12.4. The Kier molecular flexibility index (Phi) is 7.29. The highest BCUT2D eigenvalue weighted by Crippen LogP contribution is 2.41. The molecule has 0 saturated heterocycles. The summed E-state index contributed by atoms with van der Waals surface area (Å²) in [5.74, 6) is 1.11. The fourth-order valence-corrected chi connectivity index (χ4v) is 5.53. The Morgan fingerprint density at radius 3 is 2.59 bits per heavy atom. The van der Waals surface area contributed by atoms with E-state index in [2.05, 4.69) is 79.8 Å². The molecule has 5 rings (SSSR count). The molecule has 0 aromatic heterocycles. The van der Waals surface area contributed by atoms with E-state index in [0.717, 1.165) is 35.4 Å². The summed E-state index contributed by atoms with van der Waals surface area (Å²) in [6, 6.07) is 29.8. The minimum absolute atomic E-state index is 0.0185. The molecule has 1 aliphatic heterocycles. The first-order valence-corrected chi connectivity index (χ1v) is 13.1. The van der Waals surface area contributed by atoms with Gasteiger partial charge in [0.25, 0.3) is 0 Å². The Hall–Kier alpha value is -3.63. The van der Waals surface area contributed by atoms with Crippen LogP contribution in [0.15, 0.2) is 84.9 Å². The van der Waals surface area contributed by atoms with Crippen LogP contribution in [0.5, 0.6) is 5.75 Å². The van der Waals surface area contributed by atoms with Gasteiger partial charge in [-0.3, -0.25) is 0 Å². The van der Waals surface area contributed by atoms with E-state index >= 15 is 0 Å². The van der Waals surface area contributed by atoms with Gasteiger partial charge in [0, 0.05) is 24.1 Å². The van der Waals surface area contributed by atoms with Gasteiger partial charge in [-0.25, -0.2) is 4.79 Å². The van der Waals surface area contributed by atoms with Gasteiger partial charge in [0.05, 0.1) is 12.7 Å². The van der Waals surface area contributed by atoms with E-state index in [4.69, 9.17) is 9.47 Å². The minimum Gasteiger partial charge on any atom is -0.489 e.